The van der Waals surface area contributed by atoms with Crippen molar-refractivity contribution in [2.24, 2.45) is 0 Å². The quantitative estimate of drug-likeness (QED) is 0.915. The molecule has 1 heterocycles. The average molecular weight is 297 g/mol. The molecule has 98 valence electrons. The van der Waals surface area contributed by atoms with Crippen LogP contribution >= 0.6 is 23.2 Å². The van der Waals surface area contributed by atoms with Crippen molar-refractivity contribution in [3.05, 3.63) is 57.8 Å². The normalized spacial score (nSPS) is 10.2. The zero-order chi connectivity index (χ0) is 13.8. The SMILES string of the molecule is O=C(NCc1ccccn1)c1cc(Cl)c(O)c(Cl)c1. The van der Waals surface area contributed by atoms with Gasteiger partial charge in [-0.15, -0.1) is 0 Å². The molecule has 1 amide bonds. The number of nitrogens with zero attached hydrogens (tertiary/aromatic N) is 1. The van der Waals surface area contributed by atoms with E-state index in [1.807, 2.05) is 6.07 Å². The zero-order valence-corrected chi connectivity index (χ0v) is 11.2. The molecule has 4 nitrogen and oxygen atoms in total. The van der Waals surface area contributed by atoms with Crippen LogP contribution in [0.3, 0.4) is 0 Å². The van der Waals surface area contributed by atoms with Crippen molar-refractivity contribution in [3.63, 3.8) is 0 Å². The summed E-state index contributed by atoms with van der Waals surface area (Å²) in [5.74, 6) is -0.570. The van der Waals surface area contributed by atoms with E-state index >= 15 is 0 Å². The Kier molecular flexibility index (Phi) is 4.24. The van der Waals surface area contributed by atoms with Crippen LogP contribution < -0.4 is 5.32 Å². The topological polar surface area (TPSA) is 62.2 Å². The lowest BCUT2D eigenvalue weighted by Crippen LogP contribution is -2.23. The van der Waals surface area contributed by atoms with Crippen LogP contribution in [-0.2, 0) is 6.54 Å². The smallest absolute Gasteiger partial charge is 0.251 e. The van der Waals surface area contributed by atoms with Gasteiger partial charge in [-0.2, -0.15) is 0 Å². The Hall–Kier alpha value is -1.78. The van der Waals surface area contributed by atoms with Crippen LogP contribution in [0, 0.1) is 0 Å². The van der Waals surface area contributed by atoms with Gasteiger partial charge >= 0.3 is 0 Å². The van der Waals surface area contributed by atoms with Gasteiger partial charge in [-0.05, 0) is 24.3 Å². The third-order valence-electron chi connectivity index (χ3n) is 2.44. The number of pyridine rings is 1. The Morgan fingerprint density at radius 3 is 2.53 bits per heavy atom. The molecule has 0 spiro atoms. The number of nitrogens with one attached hydrogen (secondary N) is 1. The number of hydrogen-bond acceptors (Lipinski definition) is 3. The maximum Gasteiger partial charge on any atom is 0.251 e. The highest BCUT2D eigenvalue weighted by molar-refractivity contribution is 6.37. The monoisotopic (exact) mass is 296 g/mol. The fourth-order valence-corrected chi connectivity index (χ4v) is 1.96. The Bertz CT molecular complexity index is 580. The standard InChI is InChI=1S/C13H10Cl2N2O2/c14-10-5-8(6-11(15)12(10)18)13(19)17-7-9-3-1-2-4-16-9/h1-6,18H,7H2,(H,17,19). The number of aromatic nitrogens is 1. The van der Waals surface area contributed by atoms with Gasteiger partial charge in [0.05, 0.1) is 22.3 Å². The van der Waals surface area contributed by atoms with Crippen molar-refractivity contribution < 1.29 is 9.90 Å². The van der Waals surface area contributed by atoms with Gasteiger partial charge in [0.2, 0.25) is 0 Å². The number of halogens is 2. The predicted molar refractivity (Wildman–Crippen MR) is 73.5 cm³/mol. The van der Waals surface area contributed by atoms with Gasteiger partial charge in [0.15, 0.2) is 5.75 Å². The molecule has 0 saturated carbocycles. The summed E-state index contributed by atoms with van der Waals surface area (Å²) in [6, 6.07) is 8.15. The summed E-state index contributed by atoms with van der Waals surface area (Å²) >= 11 is 11.5. The molecule has 0 aliphatic carbocycles. The Morgan fingerprint density at radius 2 is 1.95 bits per heavy atom. The molecule has 0 saturated heterocycles. The molecule has 2 N–H and O–H groups in total. The van der Waals surface area contributed by atoms with Crippen LogP contribution in [0.4, 0.5) is 0 Å². The average Bonchev–Trinajstić information content (AvgIpc) is 2.42. The van der Waals surface area contributed by atoms with Gasteiger partial charge in [-0.3, -0.25) is 9.78 Å². The van der Waals surface area contributed by atoms with Crippen LogP contribution in [0.2, 0.25) is 10.0 Å². The number of phenolic OH excluding ortho intramolecular Hbond substituents is 1. The van der Waals surface area contributed by atoms with Crippen molar-refractivity contribution in [1.29, 1.82) is 0 Å². The summed E-state index contributed by atoms with van der Waals surface area (Å²) in [4.78, 5) is 16.0. The number of aromatic hydroxyl groups is 1. The minimum atomic E-state index is -0.338. The Morgan fingerprint density at radius 1 is 1.26 bits per heavy atom. The molecule has 6 heteroatoms. The summed E-state index contributed by atoms with van der Waals surface area (Å²) in [5, 5.41) is 12.2. The summed E-state index contributed by atoms with van der Waals surface area (Å²) in [6.45, 7) is 0.301. The van der Waals surface area contributed by atoms with E-state index < -0.39 is 0 Å². The second kappa shape index (κ2) is 5.91. The van der Waals surface area contributed by atoms with E-state index in [-0.39, 0.29) is 27.3 Å². The molecular formula is C13H10Cl2N2O2. The zero-order valence-electron chi connectivity index (χ0n) is 9.73. The van der Waals surface area contributed by atoms with Crippen LogP contribution in [0.15, 0.2) is 36.5 Å². The lowest BCUT2D eigenvalue weighted by molar-refractivity contribution is 0.0950. The van der Waals surface area contributed by atoms with E-state index in [2.05, 4.69) is 10.3 Å². The van der Waals surface area contributed by atoms with Gasteiger partial charge in [0.25, 0.3) is 5.91 Å². The molecule has 0 unspecified atom stereocenters. The van der Waals surface area contributed by atoms with Gasteiger partial charge < -0.3 is 10.4 Å². The van der Waals surface area contributed by atoms with E-state index in [0.717, 1.165) is 5.69 Å². The van der Waals surface area contributed by atoms with Crippen LogP contribution in [-0.4, -0.2) is 16.0 Å². The third-order valence-corrected chi connectivity index (χ3v) is 3.01. The van der Waals surface area contributed by atoms with E-state index in [1.54, 1.807) is 18.3 Å². The highest BCUT2D eigenvalue weighted by atomic mass is 35.5. The van der Waals surface area contributed by atoms with E-state index in [0.29, 0.717) is 6.54 Å². The maximum absolute atomic E-state index is 11.9. The number of carbonyl (C=O) groups excluding carboxylic acids is 1. The first-order valence-electron chi connectivity index (χ1n) is 5.44. The van der Waals surface area contributed by atoms with Gasteiger partial charge in [0, 0.05) is 11.8 Å². The molecule has 19 heavy (non-hydrogen) atoms. The number of phenols is 1. The summed E-state index contributed by atoms with van der Waals surface area (Å²) < 4.78 is 0. The third kappa shape index (κ3) is 3.36. The van der Waals surface area contributed by atoms with E-state index in [4.69, 9.17) is 23.2 Å². The number of rotatable bonds is 3. The fourth-order valence-electron chi connectivity index (χ4n) is 1.47. The number of benzene rings is 1. The highest BCUT2D eigenvalue weighted by Gasteiger charge is 2.12. The minimum Gasteiger partial charge on any atom is -0.505 e. The molecule has 0 radical (unpaired) electrons. The lowest BCUT2D eigenvalue weighted by atomic mass is 10.2. The Labute approximate surface area is 120 Å². The van der Waals surface area contributed by atoms with Crippen molar-refractivity contribution in [2.75, 3.05) is 0 Å². The second-order valence-corrected chi connectivity index (χ2v) is 4.61. The fraction of sp³-hybridized carbons (Fsp3) is 0.0769. The maximum atomic E-state index is 11.9. The van der Waals surface area contributed by atoms with Gasteiger partial charge in [-0.1, -0.05) is 29.3 Å². The summed E-state index contributed by atoms with van der Waals surface area (Å²) in [6.07, 6.45) is 1.65. The molecule has 2 aromatic rings. The second-order valence-electron chi connectivity index (χ2n) is 3.79. The van der Waals surface area contributed by atoms with E-state index in [1.165, 1.54) is 12.1 Å². The molecule has 0 aliphatic rings. The van der Waals surface area contributed by atoms with E-state index in [9.17, 15) is 9.90 Å². The molecule has 0 fully saturated rings. The van der Waals surface area contributed by atoms with Gasteiger partial charge in [0.1, 0.15) is 0 Å². The molecular weight excluding hydrogens is 287 g/mol. The van der Waals surface area contributed by atoms with Gasteiger partial charge in [-0.25, -0.2) is 0 Å². The van der Waals surface area contributed by atoms with Crippen molar-refractivity contribution in [3.8, 4) is 5.75 Å². The molecule has 0 bridgehead atoms. The number of hydrogen-bond donors (Lipinski definition) is 2. The lowest BCUT2D eigenvalue weighted by Gasteiger charge is -2.07. The minimum absolute atomic E-state index is 0.0375. The Balaban J connectivity index is 2.08. The first-order chi connectivity index (χ1) is 9.08. The first-order valence-corrected chi connectivity index (χ1v) is 6.19. The molecule has 1 aromatic carbocycles. The van der Waals surface area contributed by atoms with Crippen molar-refractivity contribution >= 4 is 29.1 Å². The molecule has 1 aromatic heterocycles. The summed E-state index contributed by atoms with van der Waals surface area (Å²) in [7, 11) is 0. The summed E-state index contributed by atoms with van der Waals surface area (Å²) in [5.41, 5.74) is 1.02. The predicted octanol–water partition coefficient (Wildman–Crippen LogP) is 3.02. The van der Waals surface area contributed by atoms with Crippen LogP contribution in [0.1, 0.15) is 16.1 Å². The van der Waals surface area contributed by atoms with Crippen molar-refractivity contribution in [2.45, 2.75) is 6.54 Å². The molecule has 0 aliphatic heterocycles. The van der Waals surface area contributed by atoms with Crippen LogP contribution in [0.25, 0.3) is 0 Å². The first kappa shape index (κ1) is 13.6. The highest BCUT2D eigenvalue weighted by Crippen LogP contribution is 2.32. The largest absolute Gasteiger partial charge is 0.505 e. The number of carbonyl (C=O) groups is 1. The van der Waals surface area contributed by atoms with Crippen LogP contribution in [0.5, 0.6) is 5.75 Å². The van der Waals surface area contributed by atoms with Crippen molar-refractivity contribution in [1.82, 2.24) is 10.3 Å². The molecule has 2 rings (SSSR count). The molecule has 0 atom stereocenters. The number of amides is 1.